The van der Waals surface area contributed by atoms with E-state index >= 15 is 0 Å². The maximum atomic E-state index is 13.6. The van der Waals surface area contributed by atoms with E-state index in [1.54, 1.807) is 12.4 Å². The Kier molecular flexibility index (Phi) is 2.08. The molecule has 0 radical (unpaired) electrons. The van der Waals surface area contributed by atoms with E-state index in [1.165, 1.54) is 6.07 Å². The number of halogens is 1. The molecule has 1 aromatic heterocycles. The first-order chi connectivity index (χ1) is 6.68. The lowest BCUT2D eigenvalue weighted by atomic mass is 10.0. The summed E-state index contributed by atoms with van der Waals surface area (Å²) in [5.74, 6) is 0.359. The summed E-state index contributed by atoms with van der Waals surface area (Å²) in [7, 11) is 0. The van der Waals surface area contributed by atoms with Crippen LogP contribution in [-0.2, 0) is 0 Å². The SMILES string of the molecule is Cc1cc(C)c(-c2ncc[nH]2)c(F)c1. The zero-order valence-corrected chi connectivity index (χ0v) is 8.13. The topological polar surface area (TPSA) is 28.7 Å². The van der Waals surface area contributed by atoms with Crippen LogP contribution in [0.2, 0.25) is 0 Å². The Hall–Kier alpha value is -1.64. The minimum atomic E-state index is -0.225. The summed E-state index contributed by atoms with van der Waals surface area (Å²) in [5.41, 5.74) is 2.38. The lowest BCUT2D eigenvalue weighted by Crippen LogP contribution is -1.92. The monoisotopic (exact) mass is 190 g/mol. The molecular weight excluding hydrogens is 179 g/mol. The van der Waals surface area contributed by atoms with E-state index in [1.807, 2.05) is 19.9 Å². The van der Waals surface area contributed by atoms with Crippen LogP contribution in [0.5, 0.6) is 0 Å². The van der Waals surface area contributed by atoms with E-state index in [9.17, 15) is 4.39 Å². The summed E-state index contributed by atoms with van der Waals surface area (Å²) in [4.78, 5) is 6.95. The number of nitrogens with one attached hydrogen (secondary N) is 1. The van der Waals surface area contributed by atoms with Gasteiger partial charge in [0.25, 0.3) is 0 Å². The van der Waals surface area contributed by atoms with E-state index in [0.29, 0.717) is 11.4 Å². The van der Waals surface area contributed by atoms with Gasteiger partial charge in [-0.15, -0.1) is 0 Å². The lowest BCUT2D eigenvalue weighted by molar-refractivity contribution is 0.628. The van der Waals surface area contributed by atoms with Gasteiger partial charge in [-0.05, 0) is 31.0 Å². The molecule has 0 spiro atoms. The van der Waals surface area contributed by atoms with Gasteiger partial charge in [0.1, 0.15) is 11.6 Å². The van der Waals surface area contributed by atoms with Gasteiger partial charge in [0.2, 0.25) is 0 Å². The molecule has 1 heterocycles. The highest BCUT2D eigenvalue weighted by molar-refractivity contribution is 5.61. The summed E-state index contributed by atoms with van der Waals surface area (Å²) < 4.78 is 13.6. The number of rotatable bonds is 1. The Morgan fingerprint density at radius 3 is 2.64 bits per heavy atom. The highest BCUT2D eigenvalue weighted by atomic mass is 19.1. The fourth-order valence-corrected chi connectivity index (χ4v) is 1.62. The zero-order chi connectivity index (χ0) is 10.1. The van der Waals surface area contributed by atoms with Crippen molar-refractivity contribution in [2.45, 2.75) is 13.8 Å². The Morgan fingerprint density at radius 2 is 2.07 bits per heavy atom. The van der Waals surface area contributed by atoms with Crippen molar-refractivity contribution in [3.05, 3.63) is 41.5 Å². The van der Waals surface area contributed by atoms with Crippen molar-refractivity contribution in [1.29, 1.82) is 0 Å². The third kappa shape index (κ3) is 1.41. The molecule has 0 aliphatic heterocycles. The van der Waals surface area contributed by atoms with Gasteiger partial charge in [-0.2, -0.15) is 0 Å². The first kappa shape index (κ1) is 8.94. The Bertz CT molecular complexity index is 423. The maximum absolute atomic E-state index is 13.6. The first-order valence-corrected chi connectivity index (χ1v) is 4.45. The average Bonchev–Trinajstić information content (AvgIpc) is 2.54. The van der Waals surface area contributed by atoms with E-state index in [0.717, 1.165) is 11.1 Å². The Balaban J connectivity index is 2.64. The van der Waals surface area contributed by atoms with E-state index in [-0.39, 0.29) is 5.82 Å². The molecule has 2 rings (SSSR count). The van der Waals surface area contributed by atoms with Crippen molar-refractivity contribution in [3.63, 3.8) is 0 Å². The molecule has 2 nitrogen and oxygen atoms in total. The number of aromatic amines is 1. The number of H-pyrrole nitrogens is 1. The second kappa shape index (κ2) is 3.25. The quantitative estimate of drug-likeness (QED) is 0.736. The van der Waals surface area contributed by atoms with Gasteiger partial charge in [-0.1, -0.05) is 6.07 Å². The van der Waals surface area contributed by atoms with Crippen molar-refractivity contribution in [3.8, 4) is 11.4 Å². The predicted octanol–water partition coefficient (Wildman–Crippen LogP) is 2.83. The van der Waals surface area contributed by atoms with Crippen LogP contribution in [0, 0.1) is 19.7 Å². The first-order valence-electron chi connectivity index (χ1n) is 4.45. The number of hydrogen-bond donors (Lipinski definition) is 1. The number of benzene rings is 1. The molecule has 0 atom stereocenters. The molecule has 0 saturated heterocycles. The molecule has 72 valence electrons. The average molecular weight is 190 g/mol. The molecule has 0 amide bonds. The summed E-state index contributed by atoms with van der Waals surface area (Å²) in [6.45, 7) is 3.76. The summed E-state index contributed by atoms with van der Waals surface area (Å²) in [6, 6.07) is 3.46. The molecule has 1 N–H and O–H groups in total. The van der Waals surface area contributed by atoms with Crippen LogP contribution in [0.3, 0.4) is 0 Å². The maximum Gasteiger partial charge on any atom is 0.140 e. The third-order valence-electron chi connectivity index (χ3n) is 2.17. The number of hydrogen-bond acceptors (Lipinski definition) is 1. The normalized spacial score (nSPS) is 10.5. The zero-order valence-electron chi connectivity index (χ0n) is 8.13. The highest BCUT2D eigenvalue weighted by Crippen LogP contribution is 2.24. The standard InChI is InChI=1S/C11H11FN2/c1-7-5-8(2)10(9(12)6-7)11-13-3-4-14-11/h3-6H,1-2H3,(H,13,14). The van der Waals surface area contributed by atoms with Gasteiger partial charge >= 0.3 is 0 Å². The molecule has 0 saturated carbocycles. The molecule has 0 aliphatic rings. The molecule has 0 aliphatic carbocycles. The van der Waals surface area contributed by atoms with Crippen molar-refractivity contribution < 1.29 is 4.39 Å². The van der Waals surface area contributed by atoms with Crippen molar-refractivity contribution in [1.82, 2.24) is 9.97 Å². The molecule has 1 aromatic carbocycles. The second-order valence-corrected chi connectivity index (χ2v) is 3.38. The smallest absolute Gasteiger partial charge is 0.140 e. The molecule has 0 bridgehead atoms. The van der Waals surface area contributed by atoms with Gasteiger partial charge in [-0.3, -0.25) is 0 Å². The van der Waals surface area contributed by atoms with Crippen LogP contribution in [-0.4, -0.2) is 9.97 Å². The van der Waals surface area contributed by atoms with E-state index in [2.05, 4.69) is 9.97 Å². The number of imidazole rings is 1. The van der Waals surface area contributed by atoms with Crippen molar-refractivity contribution in [2.24, 2.45) is 0 Å². The molecule has 0 unspecified atom stereocenters. The van der Waals surface area contributed by atoms with Crippen LogP contribution in [0.15, 0.2) is 24.5 Å². The highest BCUT2D eigenvalue weighted by Gasteiger charge is 2.10. The van der Waals surface area contributed by atoms with Crippen LogP contribution in [0.25, 0.3) is 11.4 Å². The van der Waals surface area contributed by atoms with E-state index in [4.69, 9.17) is 0 Å². The Morgan fingerprint density at radius 1 is 1.29 bits per heavy atom. The fourth-order valence-electron chi connectivity index (χ4n) is 1.62. The largest absolute Gasteiger partial charge is 0.345 e. The number of aromatic nitrogens is 2. The molecule has 3 heteroatoms. The van der Waals surface area contributed by atoms with E-state index < -0.39 is 0 Å². The van der Waals surface area contributed by atoms with Gasteiger partial charge in [-0.25, -0.2) is 9.37 Å². The van der Waals surface area contributed by atoms with Crippen LogP contribution < -0.4 is 0 Å². The lowest BCUT2D eigenvalue weighted by Gasteiger charge is -2.05. The summed E-state index contributed by atoms with van der Waals surface area (Å²) in [5, 5.41) is 0. The summed E-state index contributed by atoms with van der Waals surface area (Å²) >= 11 is 0. The van der Waals surface area contributed by atoms with Crippen LogP contribution >= 0.6 is 0 Å². The van der Waals surface area contributed by atoms with Gasteiger partial charge < -0.3 is 4.98 Å². The molecule has 0 fully saturated rings. The van der Waals surface area contributed by atoms with Gasteiger partial charge in [0.15, 0.2) is 0 Å². The van der Waals surface area contributed by atoms with Crippen LogP contribution in [0.4, 0.5) is 4.39 Å². The molecular formula is C11H11FN2. The fraction of sp³-hybridized carbons (Fsp3) is 0.182. The molecule has 2 aromatic rings. The third-order valence-corrected chi connectivity index (χ3v) is 2.17. The van der Waals surface area contributed by atoms with Gasteiger partial charge in [0.05, 0.1) is 5.56 Å². The van der Waals surface area contributed by atoms with Gasteiger partial charge in [0, 0.05) is 12.4 Å². The molecule has 14 heavy (non-hydrogen) atoms. The second-order valence-electron chi connectivity index (χ2n) is 3.38. The summed E-state index contributed by atoms with van der Waals surface area (Å²) in [6.07, 6.45) is 3.31. The number of nitrogens with zero attached hydrogens (tertiary/aromatic N) is 1. The van der Waals surface area contributed by atoms with Crippen molar-refractivity contribution >= 4 is 0 Å². The van der Waals surface area contributed by atoms with Crippen LogP contribution in [0.1, 0.15) is 11.1 Å². The van der Waals surface area contributed by atoms with Crippen molar-refractivity contribution in [2.75, 3.05) is 0 Å². The number of aryl methyl sites for hydroxylation is 2. The minimum Gasteiger partial charge on any atom is -0.345 e. The Labute approximate surface area is 81.8 Å². The predicted molar refractivity (Wildman–Crippen MR) is 53.5 cm³/mol. The minimum absolute atomic E-state index is 0.225.